The summed E-state index contributed by atoms with van der Waals surface area (Å²) in [6.45, 7) is 11.6. The predicted molar refractivity (Wildman–Crippen MR) is 56.8 cm³/mol. The molecule has 0 aliphatic heterocycles. The minimum absolute atomic E-state index is 0.556. The van der Waals surface area contributed by atoms with E-state index in [9.17, 15) is 8.78 Å². The molecule has 0 radical (unpaired) electrons. The molecular formula is C11H23F2N. The normalized spacial score (nSPS) is 20.4. The Kier molecular flexibility index (Phi) is 3.71. The Morgan fingerprint density at radius 2 is 1.36 bits per heavy atom. The van der Waals surface area contributed by atoms with Crippen LogP contribution in [0.5, 0.6) is 0 Å². The fraction of sp³-hybridized carbons (Fsp3) is 1.00. The zero-order valence-electron chi connectivity index (χ0n) is 10.3. The summed E-state index contributed by atoms with van der Waals surface area (Å²) in [6, 6.07) is 0. The van der Waals surface area contributed by atoms with Gasteiger partial charge in [-0.05, 0) is 27.7 Å². The molecule has 2 atom stereocenters. The van der Waals surface area contributed by atoms with Crippen molar-refractivity contribution in [2.75, 3.05) is 0 Å². The molecule has 0 spiro atoms. The van der Waals surface area contributed by atoms with Crippen LogP contribution >= 0.6 is 0 Å². The summed E-state index contributed by atoms with van der Waals surface area (Å²) in [5.74, 6) is -1.59. The number of nitrogens with one attached hydrogen (secondary N) is 1. The number of halogens is 2. The van der Waals surface area contributed by atoms with E-state index in [-0.39, 0.29) is 0 Å². The van der Waals surface area contributed by atoms with Gasteiger partial charge < -0.3 is 0 Å². The lowest BCUT2D eigenvalue weighted by atomic mass is 9.83. The average molecular weight is 207 g/mol. The van der Waals surface area contributed by atoms with E-state index in [0.717, 1.165) is 0 Å². The van der Waals surface area contributed by atoms with E-state index in [1.807, 2.05) is 0 Å². The minimum atomic E-state index is -1.59. The molecule has 3 heteroatoms. The average Bonchev–Trinajstić information content (AvgIpc) is 1.80. The summed E-state index contributed by atoms with van der Waals surface area (Å²) in [7, 11) is 0. The summed E-state index contributed by atoms with van der Waals surface area (Å²) < 4.78 is 27.3. The van der Waals surface area contributed by atoms with E-state index in [0.29, 0.717) is 0 Å². The molecule has 0 aliphatic carbocycles. The molecule has 0 rings (SSSR count). The van der Waals surface area contributed by atoms with Crippen LogP contribution in [0.25, 0.3) is 0 Å². The van der Waals surface area contributed by atoms with Crippen LogP contribution in [0.4, 0.5) is 8.78 Å². The number of hydrogen-bond acceptors (Lipinski definition) is 1. The van der Waals surface area contributed by atoms with E-state index >= 15 is 0 Å². The lowest BCUT2D eigenvalue weighted by molar-refractivity contribution is -0.0267. The van der Waals surface area contributed by atoms with Gasteiger partial charge in [-0.1, -0.05) is 20.8 Å². The lowest BCUT2D eigenvalue weighted by Crippen LogP contribution is -2.60. The highest BCUT2D eigenvalue weighted by Crippen LogP contribution is 2.33. The summed E-state index contributed by atoms with van der Waals surface area (Å²) in [5.41, 5.74) is -1.41. The van der Waals surface area contributed by atoms with Crippen LogP contribution < -0.4 is 5.32 Å². The fourth-order valence-corrected chi connectivity index (χ4v) is 0.892. The van der Waals surface area contributed by atoms with Crippen LogP contribution in [-0.4, -0.2) is 17.5 Å². The van der Waals surface area contributed by atoms with Gasteiger partial charge in [-0.15, -0.1) is 0 Å². The SMILES string of the molecule is CC(F)C(C)(C)NC(C)(F)C(C)(C)C. The van der Waals surface area contributed by atoms with Crippen molar-refractivity contribution in [3.05, 3.63) is 0 Å². The third kappa shape index (κ3) is 3.19. The summed E-state index contributed by atoms with van der Waals surface area (Å²) in [4.78, 5) is 0. The van der Waals surface area contributed by atoms with Gasteiger partial charge in [-0.3, -0.25) is 5.32 Å². The monoisotopic (exact) mass is 207 g/mol. The van der Waals surface area contributed by atoms with Crippen LogP contribution in [0, 0.1) is 5.41 Å². The molecule has 0 aromatic rings. The largest absolute Gasteiger partial charge is 0.277 e. The maximum Gasteiger partial charge on any atom is 0.164 e. The Morgan fingerprint density at radius 3 is 1.57 bits per heavy atom. The van der Waals surface area contributed by atoms with E-state index in [1.165, 1.54) is 13.8 Å². The maximum absolute atomic E-state index is 14.2. The van der Waals surface area contributed by atoms with Gasteiger partial charge in [-0.2, -0.15) is 0 Å². The van der Waals surface area contributed by atoms with Gasteiger partial charge in [0.2, 0.25) is 0 Å². The summed E-state index contributed by atoms with van der Waals surface area (Å²) in [5, 5.41) is 2.73. The van der Waals surface area contributed by atoms with Gasteiger partial charge in [0.05, 0.1) is 0 Å². The molecule has 0 amide bonds. The van der Waals surface area contributed by atoms with Crippen LogP contribution in [0.1, 0.15) is 48.5 Å². The molecule has 0 aromatic carbocycles. The Balaban J connectivity index is 4.67. The topological polar surface area (TPSA) is 12.0 Å². The first kappa shape index (κ1) is 13.8. The highest BCUT2D eigenvalue weighted by atomic mass is 19.1. The van der Waals surface area contributed by atoms with Gasteiger partial charge in [-0.25, -0.2) is 8.78 Å². The minimum Gasteiger partial charge on any atom is -0.277 e. The first-order chi connectivity index (χ1) is 5.90. The molecule has 2 unspecified atom stereocenters. The van der Waals surface area contributed by atoms with Gasteiger partial charge in [0.15, 0.2) is 5.79 Å². The van der Waals surface area contributed by atoms with Crippen molar-refractivity contribution >= 4 is 0 Å². The fourth-order valence-electron chi connectivity index (χ4n) is 0.892. The first-order valence-electron chi connectivity index (χ1n) is 5.02. The molecule has 0 fully saturated rings. The predicted octanol–water partition coefficient (Wildman–Crippen LogP) is 3.44. The number of rotatable bonds is 3. The number of hydrogen-bond donors (Lipinski definition) is 1. The van der Waals surface area contributed by atoms with Crippen molar-refractivity contribution in [2.24, 2.45) is 5.41 Å². The molecule has 1 nitrogen and oxygen atoms in total. The zero-order chi connectivity index (χ0) is 11.8. The third-order valence-corrected chi connectivity index (χ3v) is 2.96. The Hall–Kier alpha value is -0.180. The van der Waals surface area contributed by atoms with Gasteiger partial charge >= 0.3 is 0 Å². The molecule has 0 saturated heterocycles. The molecule has 1 N–H and O–H groups in total. The lowest BCUT2D eigenvalue weighted by Gasteiger charge is -2.42. The maximum atomic E-state index is 14.2. The van der Waals surface area contributed by atoms with E-state index in [4.69, 9.17) is 0 Å². The molecule has 0 aliphatic rings. The van der Waals surface area contributed by atoms with Gasteiger partial charge in [0.1, 0.15) is 6.17 Å². The van der Waals surface area contributed by atoms with Gasteiger partial charge in [0.25, 0.3) is 0 Å². The van der Waals surface area contributed by atoms with Crippen molar-refractivity contribution < 1.29 is 8.78 Å². The standard InChI is InChI=1S/C11H23F2N/c1-8(12)10(5,6)14-11(7,13)9(2,3)4/h8,14H,1-7H3. The Labute approximate surface area is 86.3 Å². The second kappa shape index (κ2) is 3.76. The van der Waals surface area contributed by atoms with E-state index in [2.05, 4.69) is 5.32 Å². The third-order valence-electron chi connectivity index (χ3n) is 2.96. The molecule has 86 valence electrons. The second-order valence-electron chi connectivity index (χ2n) is 5.72. The van der Waals surface area contributed by atoms with Gasteiger partial charge in [0, 0.05) is 11.0 Å². The molecule has 0 heterocycles. The van der Waals surface area contributed by atoms with Crippen molar-refractivity contribution in [1.29, 1.82) is 0 Å². The molecule has 0 saturated carbocycles. The summed E-state index contributed by atoms with van der Waals surface area (Å²) in [6.07, 6.45) is -1.10. The molecule has 14 heavy (non-hydrogen) atoms. The quantitative estimate of drug-likeness (QED) is 0.699. The van der Waals surface area contributed by atoms with Crippen LogP contribution in [-0.2, 0) is 0 Å². The molecular weight excluding hydrogens is 184 g/mol. The highest BCUT2D eigenvalue weighted by Gasteiger charge is 2.43. The van der Waals surface area contributed by atoms with Crippen LogP contribution in [0.2, 0.25) is 0 Å². The van der Waals surface area contributed by atoms with Crippen molar-refractivity contribution in [2.45, 2.75) is 66.0 Å². The smallest absolute Gasteiger partial charge is 0.164 e. The zero-order valence-corrected chi connectivity index (χ0v) is 10.3. The molecule has 0 aromatic heterocycles. The second-order valence-corrected chi connectivity index (χ2v) is 5.72. The Morgan fingerprint density at radius 1 is 1.00 bits per heavy atom. The summed E-state index contributed by atoms with van der Waals surface area (Å²) >= 11 is 0. The van der Waals surface area contributed by atoms with Crippen LogP contribution in [0.15, 0.2) is 0 Å². The van der Waals surface area contributed by atoms with Crippen LogP contribution in [0.3, 0.4) is 0 Å². The number of alkyl halides is 2. The van der Waals surface area contributed by atoms with Crippen molar-refractivity contribution in [3.63, 3.8) is 0 Å². The first-order valence-corrected chi connectivity index (χ1v) is 5.02. The Bertz CT molecular complexity index is 190. The van der Waals surface area contributed by atoms with Crippen molar-refractivity contribution in [3.8, 4) is 0 Å². The highest BCUT2D eigenvalue weighted by molar-refractivity contribution is 4.94. The molecule has 0 bridgehead atoms. The van der Waals surface area contributed by atoms with E-state index < -0.39 is 22.9 Å². The van der Waals surface area contributed by atoms with Crippen molar-refractivity contribution in [1.82, 2.24) is 5.32 Å². The van der Waals surface area contributed by atoms with E-state index in [1.54, 1.807) is 34.6 Å².